The van der Waals surface area contributed by atoms with Crippen LogP contribution in [0.25, 0.3) is 0 Å². The lowest BCUT2D eigenvalue weighted by molar-refractivity contribution is 0.347. The molecule has 0 amide bonds. The highest BCUT2D eigenvalue weighted by atomic mass is 35.5. The molecule has 1 unspecified atom stereocenters. The molecule has 2 aromatic carbocycles. The van der Waals surface area contributed by atoms with Crippen LogP contribution in [-0.2, 0) is 5.41 Å². The fourth-order valence-corrected chi connectivity index (χ4v) is 4.13. The summed E-state index contributed by atoms with van der Waals surface area (Å²) in [6.07, 6.45) is 1.78. The number of halogens is 1. The van der Waals surface area contributed by atoms with Crippen LogP contribution in [-0.4, -0.2) is 16.8 Å². The Hall–Kier alpha value is -1.51. The quantitative estimate of drug-likeness (QED) is 0.442. The van der Waals surface area contributed by atoms with Crippen molar-refractivity contribution >= 4 is 27.0 Å². The van der Waals surface area contributed by atoms with Crippen molar-refractivity contribution in [2.24, 2.45) is 0 Å². The van der Waals surface area contributed by atoms with Crippen LogP contribution in [0.5, 0.6) is 5.75 Å². The predicted molar refractivity (Wildman–Crippen MR) is 109 cm³/mol. The van der Waals surface area contributed by atoms with Crippen molar-refractivity contribution in [2.75, 3.05) is 6.61 Å². The van der Waals surface area contributed by atoms with Crippen LogP contribution in [0.2, 0.25) is 0 Å². The van der Waals surface area contributed by atoms with Gasteiger partial charge in [0.05, 0.1) is 5.38 Å². The Bertz CT molecular complexity index is 731. The van der Waals surface area contributed by atoms with Crippen LogP contribution in [0.4, 0.5) is 0 Å². The summed E-state index contributed by atoms with van der Waals surface area (Å²) in [5, 5.41) is 1.12. The first-order valence-electron chi connectivity index (χ1n) is 8.34. The fourth-order valence-electron chi connectivity index (χ4n) is 2.89. The summed E-state index contributed by atoms with van der Waals surface area (Å²) in [4.78, 5) is 0. The molecule has 128 valence electrons. The maximum Gasteiger partial charge on any atom is 0.128 e. The Morgan fingerprint density at radius 1 is 1.21 bits per heavy atom. The summed E-state index contributed by atoms with van der Waals surface area (Å²) in [7, 11) is 0.971. The molecular formula is C21H27ClOSi. The highest BCUT2D eigenvalue weighted by Crippen LogP contribution is 2.41. The SMILES string of the molecule is C=CCOc1c(C(Cl)c2ccccc2[SiH3])cc(C)cc1C(C)(C)C. The second-order valence-electron chi connectivity index (χ2n) is 7.30. The molecule has 24 heavy (non-hydrogen) atoms. The van der Waals surface area contributed by atoms with Gasteiger partial charge in [-0.3, -0.25) is 0 Å². The molecule has 0 heterocycles. The molecule has 0 aliphatic heterocycles. The van der Waals surface area contributed by atoms with Crippen molar-refractivity contribution in [1.82, 2.24) is 0 Å². The lowest BCUT2D eigenvalue weighted by Crippen LogP contribution is -2.17. The van der Waals surface area contributed by atoms with Gasteiger partial charge in [0, 0.05) is 21.4 Å². The number of benzene rings is 2. The van der Waals surface area contributed by atoms with E-state index in [0.29, 0.717) is 6.61 Å². The summed E-state index contributed by atoms with van der Waals surface area (Å²) in [5.41, 5.74) is 4.61. The first-order valence-corrected chi connectivity index (χ1v) is 9.77. The van der Waals surface area contributed by atoms with Crippen LogP contribution < -0.4 is 9.92 Å². The fraction of sp³-hybridized carbons (Fsp3) is 0.333. The summed E-state index contributed by atoms with van der Waals surface area (Å²) in [6, 6.07) is 12.8. The molecule has 2 aromatic rings. The Kier molecular flexibility index (Phi) is 5.95. The predicted octanol–water partition coefficient (Wildman–Crippen LogP) is 4.18. The van der Waals surface area contributed by atoms with Gasteiger partial charge in [-0.25, -0.2) is 0 Å². The van der Waals surface area contributed by atoms with E-state index < -0.39 is 0 Å². The second-order valence-corrected chi connectivity index (χ2v) is 8.81. The molecule has 1 atom stereocenters. The van der Waals surface area contributed by atoms with Gasteiger partial charge in [-0.05, 0) is 17.9 Å². The maximum absolute atomic E-state index is 6.93. The summed E-state index contributed by atoms with van der Waals surface area (Å²) < 4.78 is 6.09. The van der Waals surface area contributed by atoms with E-state index in [1.165, 1.54) is 21.9 Å². The number of hydrogen-bond acceptors (Lipinski definition) is 1. The Morgan fingerprint density at radius 3 is 2.46 bits per heavy atom. The van der Waals surface area contributed by atoms with Crippen LogP contribution in [0.15, 0.2) is 49.1 Å². The van der Waals surface area contributed by atoms with Crippen LogP contribution in [0, 0.1) is 6.92 Å². The van der Waals surface area contributed by atoms with E-state index in [1.54, 1.807) is 6.08 Å². The number of alkyl halides is 1. The molecule has 0 saturated heterocycles. The molecule has 2 rings (SSSR count). The zero-order chi connectivity index (χ0) is 17.9. The molecule has 0 radical (unpaired) electrons. The third-order valence-electron chi connectivity index (χ3n) is 4.15. The Labute approximate surface area is 154 Å². The minimum Gasteiger partial charge on any atom is -0.489 e. The first-order chi connectivity index (χ1) is 11.3. The van der Waals surface area contributed by atoms with E-state index >= 15 is 0 Å². The molecular weight excluding hydrogens is 332 g/mol. The normalized spacial score (nSPS) is 12.9. The average Bonchev–Trinajstić information content (AvgIpc) is 2.52. The standard InChI is InChI=1S/C21H27ClOSi/c1-6-11-23-20-16(12-14(2)13-17(20)21(3,4)5)19(22)15-9-7-8-10-18(15)24/h6-10,12-13,19H,1,11H2,2-5,24H3. The molecule has 0 aliphatic rings. The third-order valence-corrected chi connectivity index (χ3v) is 5.53. The van der Waals surface area contributed by atoms with Crippen LogP contribution in [0.3, 0.4) is 0 Å². The van der Waals surface area contributed by atoms with Gasteiger partial charge < -0.3 is 4.74 Å². The molecule has 0 fully saturated rings. The molecule has 0 aliphatic carbocycles. The lowest BCUT2D eigenvalue weighted by atomic mass is 9.83. The highest BCUT2D eigenvalue weighted by Gasteiger charge is 2.26. The third kappa shape index (κ3) is 4.11. The second kappa shape index (κ2) is 7.58. The van der Waals surface area contributed by atoms with Gasteiger partial charge in [0.25, 0.3) is 0 Å². The summed E-state index contributed by atoms with van der Waals surface area (Å²) in [5.74, 6) is 0.901. The molecule has 0 N–H and O–H groups in total. The largest absolute Gasteiger partial charge is 0.489 e. The van der Waals surface area contributed by atoms with Gasteiger partial charge >= 0.3 is 0 Å². The monoisotopic (exact) mass is 358 g/mol. The minimum absolute atomic E-state index is 0.0195. The van der Waals surface area contributed by atoms with Crippen molar-refractivity contribution in [2.45, 2.75) is 38.5 Å². The number of ether oxygens (including phenoxy) is 1. The lowest BCUT2D eigenvalue weighted by Gasteiger charge is -2.27. The van der Waals surface area contributed by atoms with Crippen molar-refractivity contribution in [1.29, 1.82) is 0 Å². The van der Waals surface area contributed by atoms with Gasteiger partial charge in [-0.15, -0.1) is 11.6 Å². The van der Waals surface area contributed by atoms with Gasteiger partial charge in [0.15, 0.2) is 0 Å². The van der Waals surface area contributed by atoms with Crippen molar-refractivity contribution in [3.63, 3.8) is 0 Å². The van der Waals surface area contributed by atoms with Crippen molar-refractivity contribution < 1.29 is 4.74 Å². The summed E-state index contributed by atoms with van der Waals surface area (Å²) in [6.45, 7) is 13.0. The molecule has 0 saturated carbocycles. The Balaban J connectivity index is 2.65. The van der Waals surface area contributed by atoms with Crippen LogP contribution >= 0.6 is 11.6 Å². The van der Waals surface area contributed by atoms with Gasteiger partial charge in [-0.1, -0.05) is 80.6 Å². The molecule has 0 aromatic heterocycles. The van der Waals surface area contributed by atoms with E-state index in [9.17, 15) is 0 Å². The number of rotatable bonds is 5. The molecule has 0 spiro atoms. The van der Waals surface area contributed by atoms with Crippen molar-refractivity contribution in [3.05, 3.63) is 71.3 Å². The zero-order valence-corrected chi connectivity index (χ0v) is 18.1. The van der Waals surface area contributed by atoms with E-state index in [1.807, 2.05) is 0 Å². The molecule has 1 nitrogen and oxygen atoms in total. The van der Waals surface area contributed by atoms with Gasteiger partial charge in [0.1, 0.15) is 12.4 Å². The van der Waals surface area contributed by atoms with Crippen LogP contribution in [0.1, 0.15) is 48.4 Å². The van der Waals surface area contributed by atoms with Gasteiger partial charge in [0.2, 0.25) is 0 Å². The number of aryl methyl sites for hydroxylation is 1. The zero-order valence-electron chi connectivity index (χ0n) is 15.3. The minimum atomic E-state index is -0.209. The topological polar surface area (TPSA) is 9.23 Å². The van der Waals surface area contributed by atoms with E-state index in [4.69, 9.17) is 16.3 Å². The van der Waals surface area contributed by atoms with E-state index in [0.717, 1.165) is 21.6 Å². The maximum atomic E-state index is 6.93. The van der Waals surface area contributed by atoms with Crippen molar-refractivity contribution in [3.8, 4) is 5.75 Å². The molecule has 0 bridgehead atoms. The summed E-state index contributed by atoms with van der Waals surface area (Å²) >= 11 is 6.93. The average molecular weight is 359 g/mol. The van der Waals surface area contributed by atoms with E-state index in [-0.39, 0.29) is 10.8 Å². The smallest absolute Gasteiger partial charge is 0.128 e. The highest BCUT2D eigenvalue weighted by molar-refractivity contribution is 6.35. The van der Waals surface area contributed by atoms with E-state index in [2.05, 4.69) is 70.7 Å². The Morgan fingerprint density at radius 2 is 1.88 bits per heavy atom. The first kappa shape index (κ1) is 18.8. The molecule has 3 heteroatoms. The van der Waals surface area contributed by atoms with Gasteiger partial charge in [-0.2, -0.15) is 0 Å². The number of hydrogen-bond donors (Lipinski definition) is 0.